The van der Waals surface area contributed by atoms with Gasteiger partial charge in [-0.25, -0.2) is 4.98 Å². The van der Waals surface area contributed by atoms with E-state index in [1.54, 1.807) is 6.07 Å². The molecule has 6 heteroatoms. The number of pyridine rings is 1. The first-order valence-corrected chi connectivity index (χ1v) is 7.41. The maximum absolute atomic E-state index is 6.17. The third-order valence-electron chi connectivity index (χ3n) is 2.59. The molecular weight excluding hydrogens is 299 g/mol. The van der Waals surface area contributed by atoms with Crippen LogP contribution in [-0.2, 0) is 0 Å². The van der Waals surface area contributed by atoms with Crippen molar-refractivity contribution < 1.29 is 0 Å². The van der Waals surface area contributed by atoms with Crippen molar-refractivity contribution in [2.45, 2.75) is 18.6 Å². The molecule has 1 aromatic rings. The number of aromatic nitrogens is 1. The van der Waals surface area contributed by atoms with Gasteiger partial charge in [0, 0.05) is 23.6 Å². The third kappa shape index (κ3) is 3.14. The van der Waals surface area contributed by atoms with Gasteiger partial charge in [0.05, 0.1) is 10.0 Å². The van der Waals surface area contributed by atoms with E-state index >= 15 is 0 Å². The zero-order valence-electron chi connectivity index (χ0n) is 9.64. The van der Waals surface area contributed by atoms with E-state index in [9.17, 15) is 0 Å². The van der Waals surface area contributed by atoms with Gasteiger partial charge in [-0.1, -0.05) is 34.8 Å². The van der Waals surface area contributed by atoms with E-state index in [0.717, 1.165) is 24.7 Å². The molecule has 2 heterocycles. The first-order valence-electron chi connectivity index (χ1n) is 5.29. The molecule has 0 aliphatic carbocycles. The predicted octanol–water partition coefficient (Wildman–Crippen LogP) is 4.37. The standard InChI is InChI=1S/C11H13Cl3N2S/c1-11(2)6-16(3-4-17-11)10-8(13)5-7(12)9(14)15-10/h5H,3-4,6H2,1-2H3. The van der Waals surface area contributed by atoms with Crippen LogP contribution in [0.4, 0.5) is 5.82 Å². The summed E-state index contributed by atoms with van der Waals surface area (Å²) in [4.78, 5) is 6.45. The van der Waals surface area contributed by atoms with E-state index in [2.05, 4.69) is 23.7 Å². The Hall–Kier alpha value is 0.170. The Balaban J connectivity index is 2.31. The second-order valence-corrected chi connectivity index (χ2v) is 7.57. The Morgan fingerprint density at radius 2 is 2.00 bits per heavy atom. The molecule has 1 fully saturated rings. The minimum absolute atomic E-state index is 0.204. The maximum Gasteiger partial charge on any atom is 0.150 e. The van der Waals surface area contributed by atoms with E-state index in [1.165, 1.54) is 0 Å². The van der Waals surface area contributed by atoms with Crippen LogP contribution >= 0.6 is 46.6 Å². The van der Waals surface area contributed by atoms with Crippen LogP contribution in [0.2, 0.25) is 15.2 Å². The number of nitrogens with zero attached hydrogens (tertiary/aromatic N) is 2. The summed E-state index contributed by atoms with van der Waals surface area (Å²) in [6, 6.07) is 1.66. The van der Waals surface area contributed by atoms with Gasteiger partial charge in [0.2, 0.25) is 0 Å². The van der Waals surface area contributed by atoms with Gasteiger partial charge in [0.15, 0.2) is 0 Å². The lowest BCUT2D eigenvalue weighted by atomic mass is 10.2. The maximum atomic E-state index is 6.17. The predicted molar refractivity (Wildman–Crippen MR) is 78.0 cm³/mol. The van der Waals surface area contributed by atoms with E-state index < -0.39 is 0 Å². The van der Waals surface area contributed by atoms with Crippen LogP contribution in [0, 0.1) is 0 Å². The highest BCUT2D eigenvalue weighted by atomic mass is 35.5. The lowest BCUT2D eigenvalue weighted by Crippen LogP contribution is -2.43. The first kappa shape index (κ1) is 13.6. The first-order chi connectivity index (χ1) is 7.89. The minimum Gasteiger partial charge on any atom is -0.353 e. The molecule has 94 valence electrons. The molecule has 17 heavy (non-hydrogen) atoms. The van der Waals surface area contributed by atoms with Crippen LogP contribution in [0.25, 0.3) is 0 Å². The van der Waals surface area contributed by atoms with Gasteiger partial charge in [0.1, 0.15) is 11.0 Å². The van der Waals surface area contributed by atoms with Crippen molar-refractivity contribution in [2.75, 3.05) is 23.7 Å². The summed E-state index contributed by atoms with van der Waals surface area (Å²) in [5, 5.41) is 1.26. The summed E-state index contributed by atoms with van der Waals surface area (Å²) in [6.07, 6.45) is 0. The molecular formula is C11H13Cl3N2S. The van der Waals surface area contributed by atoms with Crippen LogP contribution in [0.1, 0.15) is 13.8 Å². The Morgan fingerprint density at radius 1 is 1.29 bits per heavy atom. The SMILES string of the molecule is CC1(C)CN(c2nc(Cl)c(Cl)cc2Cl)CCS1. The van der Waals surface area contributed by atoms with E-state index in [1.807, 2.05) is 11.8 Å². The lowest BCUT2D eigenvalue weighted by molar-refractivity contribution is 0.642. The number of halogens is 3. The zero-order chi connectivity index (χ0) is 12.6. The Kier molecular flexibility index (Phi) is 4.03. The minimum atomic E-state index is 0.204. The number of hydrogen-bond donors (Lipinski definition) is 0. The molecule has 1 aliphatic rings. The molecule has 0 N–H and O–H groups in total. The molecule has 0 aromatic carbocycles. The molecule has 1 saturated heterocycles. The van der Waals surface area contributed by atoms with Crippen molar-refractivity contribution in [3.05, 3.63) is 21.3 Å². The van der Waals surface area contributed by atoms with Crippen LogP contribution in [0.15, 0.2) is 6.07 Å². The van der Waals surface area contributed by atoms with Crippen molar-refractivity contribution in [2.24, 2.45) is 0 Å². The normalized spacial score (nSPS) is 19.5. The molecule has 2 nitrogen and oxygen atoms in total. The quantitative estimate of drug-likeness (QED) is 0.716. The average Bonchev–Trinajstić information content (AvgIpc) is 2.22. The summed E-state index contributed by atoms with van der Waals surface area (Å²) >= 11 is 20.0. The summed E-state index contributed by atoms with van der Waals surface area (Å²) in [6.45, 7) is 6.27. The van der Waals surface area contributed by atoms with Crippen LogP contribution in [-0.4, -0.2) is 28.6 Å². The molecule has 0 unspecified atom stereocenters. The van der Waals surface area contributed by atoms with Crippen molar-refractivity contribution in [3.63, 3.8) is 0 Å². The highest BCUT2D eigenvalue weighted by Gasteiger charge is 2.29. The van der Waals surface area contributed by atoms with Gasteiger partial charge in [-0.15, -0.1) is 0 Å². The molecule has 0 amide bonds. The van der Waals surface area contributed by atoms with Crippen molar-refractivity contribution >= 4 is 52.4 Å². The van der Waals surface area contributed by atoms with Gasteiger partial charge in [-0.2, -0.15) is 11.8 Å². The van der Waals surface area contributed by atoms with Crippen molar-refractivity contribution in [1.82, 2.24) is 4.98 Å². The Bertz CT molecular complexity index is 437. The molecule has 0 atom stereocenters. The second kappa shape index (κ2) is 5.04. The fourth-order valence-electron chi connectivity index (χ4n) is 1.85. The Labute approximate surface area is 121 Å². The molecule has 1 aromatic heterocycles. The average molecular weight is 312 g/mol. The highest BCUT2D eigenvalue weighted by molar-refractivity contribution is 8.00. The summed E-state index contributed by atoms with van der Waals surface area (Å²) < 4.78 is 0.204. The summed E-state index contributed by atoms with van der Waals surface area (Å²) in [7, 11) is 0. The van der Waals surface area contributed by atoms with Crippen LogP contribution in [0.5, 0.6) is 0 Å². The number of thioether (sulfide) groups is 1. The van der Waals surface area contributed by atoms with E-state index in [-0.39, 0.29) is 4.75 Å². The smallest absolute Gasteiger partial charge is 0.150 e. The summed E-state index contributed by atoms with van der Waals surface area (Å²) in [5.74, 6) is 1.79. The van der Waals surface area contributed by atoms with Gasteiger partial charge in [0.25, 0.3) is 0 Å². The molecule has 0 saturated carbocycles. The van der Waals surface area contributed by atoms with Crippen LogP contribution in [0.3, 0.4) is 0 Å². The molecule has 0 spiro atoms. The van der Waals surface area contributed by atoms with Gasteiger partial charge < -0.3 is 4.90 Å². The second-order valence-electron chi connectivity index (χ2n) is 4.60. The van der Waals surface area contributed by atoms with Crippen molar-refractivity contribution in [1.29, 1.82) is 0 Å². The van der Waals surface area contributed by atoms with Gasteiger partial charge in [-0.05, 0) is 19.9 Å². The number of hydrogen-bond acceptors (Lipinski definition) is 3. The summed E-state index contributed by atoms with van der Waals surface area (Å²) in [5.41, 5.74) is 0. The molecule has 0 bridgehead atoms. The van der Waals surface area contributed by atoms with Crippen LogP contribution < -0.4 is 4.90 Å². The largest absolute Gasteiger partial charge is 0.353 e. The van der Waals surface area contributed by atoms with Crippen molar-refractivity contribution in [3.8, 4) is 0 Å². The molecule has 1 aliphatic heterocycles. The van der Waals surface area contributed by atoms with Gasteiger partial charge >= 0.3 is 0 Å². The molecule has 2 rings (SSSR count). The highest BCUT2D eigenvalue weighted by Crippen LogP contribution is 2.36. The molecule has 0 radical (unpaired) electrons. The van der Waals surface area contributed by atoms with Gasteiger partial charge in [-0.3, -0.25) is 0 Å². The third-order valence-corrected chi connectivity index (χ3v) is 4.84. The lowest BCUT2D eigenvalue weighted by Gasteiger charge is -2.38. The number of rotatable bonds is 1. The monoisotopic (exact) mass is 310 g/mol. The van der Waals surface area contributed by atoms with E-state index in [0.29, 0.717) is 15.2 Å². The topological polar surface area (TPSA) is 16.1 Å². The fraction of sp³-hybridized carbons (Fsp3) is 0.545. The zero-order valence-corrected chi connectivity index (χ0v) is 12.7. The Morgan fingerprint density at radius 3 is 2.65 bits per heavy atom. The van der Waals surface area contributed by atoms with E-state index in [4.69, 9.17) is 34.8 Å². The fourth-order valence-corrected chi connectivity index (χ4v) is 3.58. The number of anilines is 1.